The molecule has 10 heteroatoms. The van der Waals surface area contributed by atoms with Gasteiger partial charge in [0.1, 0.15) is 5.56 Å². The highest BCUT2D eigenvalue weighted by molar-refractivity contribution is 6.36. The summed E-state index contributed by atoms with van der Waals surface area (Å²) in [6.45, 7) is 10.9. The minimum Gasteiger partial charge on any atom is -0.480 e. The molecule has 0 aliphatic carbocycles. The number of carbonyl (C=O) groups is 1. The van der Waals surface area contributed by atoms with Crippen molar-refractivity contribution < 1.29 is 9.53 Å². The van der Waals surface area contributed by atoms with Crippen LogP contribution in [0, 0.1) is 18.3 Å². The lowest BCUT2D eigenvalue weighted by atomic mass is 9.72. The van der Waals surface area contributed by atoms with Crippen LogP contribution in [0.2, 0.25) is 0 Å². The van der Waals surface area contributed by atoms with Gasteiger partial charge < -0.3 is 20.3 Å². The lowest BCUT2D eigenvalue weighted by molar-refractivity contribution is 0.0962. The van der Waals surface area contributed by atoms with E-state index in [1.165, 1.54) is 19.4 Å². The number of methoxy groups -OCH3 is 1. The van der Waals surface area contributed by atoms with Gasteiger partial charge in [0, 0.05) is 11.9 Å². The number of benzene rings is 1. The number of anilines is 2. The molecule has 1 fully saturated rings. The third kappa shape index (κ3) is 5.88. The van der Waals surface area contributed by atoms with Gasteiger partial charge in [-0.2, -0.15) is 10.2 Å². The number of nitriles is 1. The van der Waals surface area contributed by atoms with E-state index >= 15 is 0 Å². The van der Waals surface area contributed by atoms with Crippen molar-refractivity contribution >= 4 is 40.7 Å². The molecule has 2 heterocycles. The van der Waals surface area contributed by atoms with Crippen molar-refractivity contribution in [3.63, 3.8) is 0 Å². The number of aromatic nitrogens is 2. The monoisotopic (exact) mass is 526 g/mol. The van der Waals surface area contributed by atoms with Gasteiger partial charge in [0.25, 0.3) is 5.91 Å². The van der Waals surface area contributed by atoms with Gasteiger partial charge in [-0.3, -0.25) is 4.79 Å². The number of ether oxygens (including phenoxy) is 1. The molecule has 36 heavy (non-hydrogen) atoms. The van der Waals surface area contributed by atoms with Gasteiger partial charge in [-0.1, -0.05) is 42.4 Å². The number of hydrogen-bond donors (Lipinski definition) is 2. The lowest BCUT2D eigenvalue weighted by Gasteiger charge is -2.36. The van der Waals surface area contributed by atoms with Crippen LogP contribution in [0.5, 0.6) is 5.88 Å². The fraction of sp³-hybridized carbons (Fsp3) is 0.308. The standard InChI is InChI=1S/C26H28Cl2N6O2/c1-6-21(28)22(17(3)27)32-23(35)19-14-30-25(33-24(19)36-5)31-18-7-8-20(16(2)13-18)26(15-29)9-11-34(4)12-10-26/h6-8,13-14H,1,3,9-12H2,2,4-5H3,(H,32,35)(H,30,31,33)/b22-21-. The van der Waals surface area contributed by atoms with Crippen molar-refractivity contribution in [2.75, 3.05) is 32.6 Å². The molecule has 1 amide bonds. The topological polar surface area (TPSA) is 103 Å². The van der Waals surface area contributed by atoms with Crippen LogP contribution >= 0.6 is 23.2 Å². The zero-order valence-electron chi connectivity index (χ0n) is 20.5. The number of piperidine rings is 1. The van der Waals surface area contributed by atoms with Crippen LogP contribution in [-0.4, -0.2) is 48.0 Å². The third-order valence-corrected chi connectivity index (χ3v) is 6.70. The summed E-state index contributed by atoms with van der Waals surface area (Å²) in [6.07, 6.45) is 4.27. The Morgan fingerprint density at radius 2 is 2.03 bits per heavy atom. The van der Waals surface area contributed by atoms with Crippen LogP contribution in [0.25, 0.3) is 0 Å². The number of carbonyl (C=O) groups excluding carboxylic acids is 1. The van der Waals surface area contributed by atoms with Gasteiger partial charge in [0.15, 0.2) is 0 Å². The number of rotatable bonds is 8. The van der Waals surface area contributed by atoms with Crippen molar-refractivity contribution in [3.05, 3.63) is 76.1 Å². The average molecular weight is 527 g/mol. The molecule has 1 saturated heterocycles. The first-order valence-electron chi connectivity index (χ1n) is 11.2. The minimum atomic E-state index is -0.574. The Bertz CT molecular complexity index is 1260. The van der Waals surface area contributed by atoms with E-state index in [2.05, 4.69) is 51.8 Å². The Labute approximate surface area is 221 Å². The number of hydrogen-bond acceptors (Lipinski definition) is 7. The number of likely N-dealkylation sites (tertiary alicyclic amines) is 1. The first-order valence-corrected chi connectivity index (χ1v) is 12.0. The van der Waals surface area contributed by atoms with E-state index in [0.29, 0.717) is 0 Å². The van der Waals surface area contributed by atoms with Crippen LogP contribution in [0.4, 0.5) is 11.6 Å². The van der Waals surface area contributed by atoms with Crippen LogP contribution in [0.3, 0.4) is 0 Å². The fourth-order valence-electron chi connectivity index (χ4n) is 4.13. The third-order valence-electron chi connectivity index (χ3n) is 6.17. The zero-order valence-corrected chi connectivity index (χ0v) is 22.0. The molecule has 0 spiro atoms. The molecule has 0 atom stereocenters. The predicted octanol–water partition coefficient (Wildman–Crippen LogP) is 5.14. The smallest absolute Gasteiger partial charge is 0.262 e. The molecule has 1 aliphatic heterocycles. The van der Waals surface area contributed by atoms with E-state index in [1.54, 1.807) is 0 Å². The first kappa shape index (κ1) is 27.2. The Kier molecular flexibility index (Phi) is 8.75. The highest BCUT2D eigenvalue weighted by Crippen LogP contribution is 2.37. The highest BCUT2D eigenvalue weighted by Gasteiger charge is 2.36. The van der Waals surface area contributed by atoms with E-state index < -0.39 is 11.3 Å². The van der Waals surface area contributed by atoms with E-state index in [0.717, 1.165) is 42.7 Å². The number of allylic oxidation sites excluding steroid dienone is 3. The van der Waals surface area contributed by atoms with Gasteiger partial charge in [-0.15, -0.1) is 0 Å². The lowest BCUT2D eigenvalue weighted by Crippen LogP contribution is -2.40. The predicted molar refractivity (Wildman–Crippen MR) is 143 cm³/mol. The normalized spacial score (nSPS) is 15.8. The largest absolute Gasteiger partial charge is 0.480 e. The zero-order chi connectivity index (χ0) is 26.5. The van der Waals surface area contributed by atoms with Crippen molar-refractivity contribution in [2.24, 2.45) is 0 Å². The molecule has 1 aromatic carbocycles. The Morgan fingerprint density at radius 1 is 1.33 bits per heavy atom. The van der Waals surface area contributed by atoms with Crippen LogP contribution in [0.1, 0.15) is 34.3 Å². The van der Waals surface area contributed by atoms with Crippen LogP contribution in [-0.2, 0) is 5.41 Å². The number of halogens is 2. The van der Waals surface area contributed by atoms with Gasteiger partial charge in [-0.05, 0) is 69.2 Å². The second kappa shape index (κ2) is 11.6. The molecule has 1 aliphatic rings. The maximum atomic E-state index is 12.8. The molecule has 1 aromatic heterocycles. The fourth-order valence-corrected chi connectivity index (χ4v) is 4.49. The summed E-state index contributed by atoms with van der Waals surface area (Å²) in [4.78, 5) is 23.6. The molecular formula is C26H28Cl2N6O2. The van der Waals surface area contributed by atoms with E-state index in [-0.39, 0.29) is 33.2 Å². The maximum absolute atomic E-state index is 12.8. The second-order valence-electron chi connectivity index (χ2n) is 8.55. The molecule has 0 bridgehead atoms. The summed E-state index contributed by atoms with van der Waals surface area (Å²) in [7, 11) is 3.48. The molecule has 0 saturated carbocycles. The molecule has 0 radical (unpaired) electrons. The van der Waals surface area contributed by atoms with Crippen molar-refractivity contribution in [2.45, 2.75) is 25.2 Å². The summed E-state index contributed by atoms with van der Waals surface area (Å²) < 4.78 is 5.32. The number of nitrogens with one attached hydrogen (secondary N) is 2. The highest BCUT2D eigenvalue weighted by atomic mass is 35.5. The van der Waals surface area contributed by atoms with Gasteiger partial charge in [0.2, 0.25) is 11.8 Å². The Balaban J connectivity index is 1.82. The van der Waals surface area contributed by atoms with Crippen molar-refractivity contribution in [1.82, 2.24) is 20.2 Å². The quantitative estimate of drug-likeness (QED) is 0.458. The number of aryl methyl sites for hydroxylation is 1. The van der Waals surface area contributed by atoms with Gasteiger partial charge in [-0.25, -0.2) is 4.98 Å². The Hall–Kier alpha value is -3.38. The number of amides is 1. The summed E-state index contributed by atoms with van der Waals surface area (Å²) >= 11 is 12.0. The summed E-state index contributed by atoms with van der Waals surface area (Å²) in [5.41, 5.74) is 2.51. The molecule has 8 nitrogen and oxygen atoms in total. The minimum absolute atomic E-state index is 0.0451. The maximum Gasteiger partial charge on any atom is 0.262 e. The van der Waals surface area contributed by atoms with Crippen LogP contribution < -0.4 is 15.4 Å². The second-order valence-corrected chi connectivity index (χ2v) is 9.42. The summed E-state index contributed by atoms with van der Waals surface area (Å²) in [5.74, 6) is -0.274. The van der Waals surface area contributed by atoms with Crippen molar-refractivity contribution in [3.8, 4) is 11.9 Å². The summed E-state index contributed by atoms with van der Waals surface area (Å²) in [6, 6.07) is 8.42. The van der Waals surface area contributed by atoms with Gasteiger partial charge >= 0.3 is 0 Å². The Morgan fingerprint density at radius 3 is 2.58 bits per heavy atom. The molecule has 0 unspecified atom stereocenters. The SMILES string of the molecule is C=C/C(Cl)=C(/NC(=O)c1cnc(Nc2ccc(C3(C#N)CCN(C)CC3)c(C)c2)nc1OC)C(=C)Cl. The summed E-state index contributed by atoms with van der Waals surface area (Å²) in [5, 5.41) is 15.9. The molecule has 2 N–H and O–H groups in total. The van der Waals surface area contributed by atoms with Crippen LogP contribution in [0.15, 0.2) is 59.4 Å². The molecular weight excluding hydrogens is 499 g/mol. The molecule has 3 rings (SSSR count). The van der Waals surface area contributed by atoms with E-state index in [1.807, 2.05) is 25.1 Å². The first-order chi connectivity index (χ1) is 17.1. The molecule has 188 valence electrons. The number of nitrogens with zero attached hydrogens (tertiary/aromatic N) is 4. The van der Waals surface area contributed by atoms with Crippen molar-refractivity contribution in [1.29, 1.82) is 5.26 Å². The average Bonchev–Trinajstić information content (AvgIpc) is 2.87. The molecule has 2 aromatic rings. The van der Waals surface area contributed by atoms with Gasteiger partial charge in [0.05, 0.1) is 34.4 Å². The van der Waals surface area contributed by atoms with E-state index in [4.69, 9.17) is 27.9 Å². The van der Waals surface area contributed by atoms with E-state index in [9.17, 15) is 10.1 Å².